The van der Waals surface area contributed by atoms with Crippen LogP contribution in [0.25, 0.3) is 16.6 Å². The summed E-state index contributed by atoms with van der Waals surface area (Å²) in [5, 5.41) is 17.7. The van der Waals surface area contributed by atoms with Gasteiger partial charge in [-0.05, 0) is 85.6 Å². The fraction of sp³-hybridized carbons (Fsp3) is 0.440. The van der Waals surface area contributed by atoms with Crippen LogP contribution >= 0.6 is 11.6 Å². The largest absolute Gasteiger partial charge is 0.489 e. The number of hydrogen-bond acceptors (Lipinski definition) is 14. The average Bonchev–Trinajstić information content (AvgIpc) is 4.09. The predicted octanol–water partition coefficient (Wildman–Crippen LogP) is 7.41. The topological polar surface area (TPSA) is 202 Å². The van der Waals surface area contributed by atoms with E-state index in [0.717, 1.165) is 50.2 Å². The number of primary amides is 1. The molecule has 362 valence electrons. The van der Waals surface area contributed by atoms with Crippen molar-refractivity contribution >= 4 is 72.4 Å². The zero-order chi connectivity index (χ0) is 47.9. The number of nitro groups is 1. The van der Waals surface area contributed by atoms with Crippen molar-refractivity contribution < 1.29 is 32.3 Å². The van der Waals surface area contributed by atoms with Crippen LogP contribution in [-0.4, -0.2) is 129 Å². The van der Waals surface area contributed by atoms with Crippen LogP contribution in [0, 0.1) is 15.5 Å². The number of sulfone groups is 1. The molecule has 4 atom stereocenters. The molecule has 2 aromatic heterocycles. The molecule has 6 aliphatic rings. The first-order chi connectivity index (χ1) is 33.1. The summed E-state index contributed by atoms with van der Waals surface area (Å²) in [5.41, 5.74) is 11.3. The van der Waals surface area contributed by atoms with Gasteiger partial charge in [0.1, 0.15) is 28.9 Å². The van der Waals surface area contributed by atoms with Gasteiger partial charge in [-0.2, -0.15) is 4.98 Å². The van der Waals surface area contributed by atoms with Crippen molar-refractivity contribution in [1.29, 1.82) is 0 Å². The molecule has 1 amide bonds. The molecule has 4 N–H and O–H groups in total. The highest BCUT2D eigenvalue weighted by Gasteiger charge is 2.43. The second-order valence-corrected chi connectivity index (χ2v) is 22.5. The average molecular weight is 979 g/mol. The molecule has 3 aromatic carbocycles. The second-order valence-electron chi connectivity index (χ2n) is 20.2. The van der Waals surface area contributed by atoms with E-state index in [2.05, 4.69) is 46.1 Å². The number of anilines is 4. The smallest absolute Gasteiger partial charge is 0.297 e. The minimum atomic E-state index is -4.75. The number of benzene rings is 3. The van der Waals surface area contributed by atoms with Crippen LogP contribution in [0.5, 0.6) is 11.6 Å². The van der Waals surface area contributed by atoms with Gasteiger partial charge < -0.3 is 40.0 Å². The molecule has 17 nitrogen and oxygen atoms in total. The Labute approximate surface area is 405 Å². The summed E-state index contributed by atoms with van der Waals surface area (Å²) in [5.74, 6) is -0.550. The summed E-state index contributed by atoms with van der Waals surface area (Å²) in [6, 6.07) is 17.4. The molecule has 0 spiro atoms. The number of carbonyl (C=O) groups excluding carboxylic acids is 1. The number of aromatic amines is 1. The lowest BCUT2D eigenvalue weighted by atomic mass is 9.72. The Morgan fingerprint density at radius 3 is 2.55 bits per heavy atom. The molecule has 11 rings (SSSR count). The van der Waals surface area contributed by atoms with Crippen LogP contribution in [-0.2, 0) is 14.6 Å². The molecule has 2 bridgehead atoms. The molecule has 5 aliphatic heterocycles. The number of piperazine rings is 1. The van der Waals surface area contributed by atoms with Crippen LogP contribution in [0.4, 0.5) is 28.4 Å². The van der Waals surface area contributed by atoms with Crippen molar-refractivity contribution in [3.63, 3.8) is 0 Å². The third kappa shape index (κ3) is 8.53. The SMILES string of the molecule is C[C@@H]1CN(c2c(C(N)=O)ccc(N3CCN(CC4=C(c5ccc(Cl)cc5)CC(C)(C)CC4)CC3)c2S(=O)(=O)c2cc3c(c([N+](=O)[O-])c2)N[C@H](CN2C[C@H]4C[C@@H]2CO4)CO3)c2cc3cc[nH]c3nc2O1. The lowest BCUT2D eigenvalue weighted by molar-refractivity contribution is -0.384. The van der Waals surface area contributed by atoms with E-state index in [9.17, 15) is 14.9 Å². The number of nitro benzene ring substituents is 1. The number of nitrogens with two attached hydrogens (primary N) is 1. The number of aromatic nitrogens is 2. The van der Waals surface area contributed by atoms with Gasteiger partial charge >= 0.3 is 0 Å². The van der Waals surface area contributed by atoms with E-state index < -0.39 is 32.5 Å². The number of H-pyrrole nitrogens is 1. The van der Waals surface area contributed by atoms with Crippen molar-refractivity contribution in [2.75, 3.05) is 80.7 Å². The van der Waals surface area contributed by atoms with Gasteiger partial charge in [0.25, 0.3) is 11.6 Å². The summed E-state index contributed by atoms with van der Waals surface area (Å²) in [7, 11) is -4.75. The van der Waals surface area contributed by atoms with E-state index in [1.165, 1.54) is 22.8 Å². The van der Waals surface area contributed by atoms with E-state index in [-0.39, 0.29) is 75.1 Å². The van der Waals surface area contributed by atoms with Crippen molar-refractivity contribution in [3.05, 3.63) is 98.7 Å². The molecule has 3 saturated heterocycles. The van der Waals surface area contributed by atoms with Gasteiger partial charge in [0, 0.05) is 80.6 Å². The van der Waals surface area contributed by atoms with Gasteiger partial charge in [0.2, 0.25) is 15.7 Å². The van der Waals surface area contributed by atoms with E-state index >= 15 is 8.42 Å². The number of amides is 1. The van der Waals surface area contributed by atoms with Gasteiger partial charge in [-0.3, -0.25) is 24.7 Å². The summed E-state index contributed by atoms with van der Waals surface area (Å²) in [4.78, 5) is 41.8. The number of fused-ring (bicyclic) bond motifs is 5. The molecule has 0 unspecified atom stereocenters. The van der Waals surface area contributed by atoms with Crippen LogP contribution < -0.4 is 30.3 Å². The summed E-state index contributed by atoms with van der Waals surface area (Å²) < 4.78 is 50.1. The maximum atomic E-state index is 15.9. The number of rotatable bonds is 11. The number of halogens is 1. The minimum Gasteiger partial charge on any atom is -0.489 e. The quantitative estimate of drug-likeness (QED) is 0.0873. The van der Waals surface area contributed by atoms with Gasteiger partial charge in [-0.1, -0.05) is 43.2 Å². The normalized spacial score (nSPS) is 23.6. The Hall–Kier alpha value is -5.92. The number of carbonyl (C=O) groups is 1. The first-order valence-corrected chi connectivity index (χ1v) is 25.6. The number of likely N-dealkylation sites (tertiary alicyclic amines) is 1. The van der Waals surface area contributed by atoms with E-state index in [1.807, 2.05) is 36.1 Å². The van der Waals surface area contributed by atoms with Crippen molar-refractivity contribution in [1.82, 2.24) is 19.8 Å². The Morgan fingerprint density at radius 2 is 1.83 bits per heavy atom. The van der Waals surface area contributed by atoms with Crippen LogP contribution in [0.15, 0.2) is 82.2 Å². The van der Waals surface area contributed by atoms with E-state index in [1.54, 1.807) is 23.2 Å². The van der Waals surface area contributed by atoms with Gasteiger partial charge in [-0.25, -0.2) is 8.42 Å². The second kappa shape index (κ2) is 17.5. The molecule has 5 aromatic rings. The molecule has 1 aliphatic carbocycles. The third-order valence-electron chi connectivity index (χ3n) is 14.8. The number of hydrogen-bond donors (Lipinski definition) is 3. The first kappa shape index (κ1) is 45.5. The first-order valence-electron chi connectivity index (χ1n) is 23.7. The van der Waals surface area contributed by atoms with E-state index in [4.69, 9.17) is 36.5 Å². The van der Waals surface area contributed by atoms with Crippen molar-refractivity contribution in [3.8, 4) is 11.6 Å². The molecule has 69 heavy (non-hydrogen) atoms. The Balaban J connectivity index is 0.991. The standard InChI is InChI=1S/C50H56ClN9O8S/c1-29-23-59(42-18-31-11-13-53-48(31)55-49(42)68-29)45-38(47(52)61)8-9-40(57-16-14-56(15-17-57)24-32-10-12-50(2,3)22-39(32)30-4-6-33(51)7-5-30)46(45)69(64,65)37-20-41(60(62)63)44-43(21-37)67-27-34(54-44)25-58-26-36-19-35(58)28-66-36/h4-9,11,13,18,20-21,29,34-36,54H,10,12,14-17,19,22-28H2,1-3H3,(H2,52,61)(H,53,55)/t29-,34-,35-,36-/m1/s1. The molecule has 19 heteroatoms. The number of nitrogens with zero attached hydrogens (tertiary/aromatic N) is 6. The van der Waals surface area contributed by atoms with Crippen molar-refractivity contribution in [2.24, 2.45) is 11.1 Å². The maximum absolute atomic E-state index is 15.9. The lowest BCUT2D eigenvalue weighted by Gasteiger charge is -2.41. The number of allylic oxidation sites excluding steroid dienone is 1. The Bertz CT molecular complexity index is 3030. The highest BCUT2D eigenvalue weighted by molar-refractivity contribution is 7.91. The van der Waals surface area contributed by atoms with Gasteiger partial charge in [0.05, 0.1) is 52.1 Å². The van der Waals surface area contributed by atoms with Crippen LogP contribution in [0.1, 0.15) is 62.4 Å². The highest BCUT2D eigenvalue weighted by Crippen LogP contribution is 2.50. The zero-order valence-electron chi connectivity index (χ0n) is 38.9. The maximum Gasteiger partial charge on any atom is 0.297 e. The van der Waals surface area contributed by atoms with Gasteiger partial charge in [0.15, 0.2) is 11.4 Å². The summed E-state index contributed by atoms with van der Waals surface area (Å²) in [6.45, 7) is 11.7. The number of morpholine rings is 1. The Kier molecular flexibility index (Phi) is 11.5. The lowest BCUT2D eigenvalue weighted by Crippen LogP contribution is -2.47. The monoisotopic (exact) mass is 977 g/mol. The number of ether oxygens (including phenoxy) is 3. The fourth-order valence-electron chi connectivity index (χ4n) is 11.2. The summed E-state index contributed by atoms with van der Waals surface area (Å²) in [6.07, 6.45) is 5.37. The zero-order valence-corrected chi connectivity index (χ0v) is 40.4. The Morgan fingerprint density at radius 1 is 1.03 bits per heavy atom. The molecular weight excluding hydrogens is 922 g/mol. The van der Waals surface area contributed by atoms with E-state index in [0.29, 0.717) is 61.4 Å². The molecule has 0 radical (unpaired) electrons. The fourth-order valence-corrected chi connectivity index (χ4v) is 13.1. The predicted molar refractivity (Wildman–Crippen MR) is 264 cm³/mol. The van der Waals surface area contributed by atoms with Crippen molar-refractivity contribution in [2.45, 2.75) is 80.5 Å². The minimum absolute atomic E-state index is 0.0405. The number of nitrogens with one attached hydrogen (secondary N) is 2. The molecule has 0 saturated carbocycles. The highest BCUT2D eigenvalue weighted by atomic mass is 35.5. The molecule has 3 fully saturated rings. The third-order valence-corrected chi connectivity index (χ3v) is 16.8. The molecular formula is C50H56ClN9O8S. The van der Waals surface area contributed by atoms with Crippen LogP contribution in [0.3, 0.4) is 0 Å². The van der Waals surface area contributed by atoms with Gasteiger partial charge in [-0.15, -0.1) is 0 Å². The number of pyridine rings is 1. The summed E-state index contributed by atoms with van der Waals surface area (Å²) >= 11 is 6.30. The molecule has 7 heterocycles. The van der Waals surface area contributed by atoms with Crippen LogP contribution in [0.2, 0.25) is 5.02 Å².